The Kier molecular flexibility index (Phi) is 5.85. The second kappa shape index (κ2) is 6.71. The van der Waals surface area contributed by atoms with E-state index in [4.69, 9.17) is 0 Å². The average molecular weight is 198 g/mol. The Labute approximate surface area is 82.8 Å². The minimum Gasteiger partial charge on any atom is -0.419 e. The molecule has 5 heteroatoms. The fourth-order valence-corrected chi connectivity index (χ4v) is 0.609. The molecule has 0 spiro atoms. The zero-order valence-corrected chi connectivity index (χ0v) is 8.13. The van der Waals surface area contributed by atoms with Gasteiger partial charge in [0.25, 0.3) is 0 Å². The molecule has 0 radical (unpaired) electrons. The molecular formula is C9H14N2O3. The van der Waals surface area contributed by atoms with E-state index in [1.807, 2.05) is 0 Å². The number of amides is 2. The standard InChI is InChI=1S/C9H14N2O3/c1-4-14-9(13)11-6-5-10-8(12)7(2)3/h4H,1-2,5-6H2,3H3,(H,10,12)(H,11,13). The van der Waals surface area contributed by atoms with Crippen LogP contribution >= 0.6 is 0 Å². The topological polar surface area (TPSA) is 67.4 Å². The predicted molar refractivity (Wildman–Crippen MR) is 52.5 cm³/mol. The van der Waals surface area contributed by atoms with E-state index in [0.717, 1.165) is 6.26 Å². The number of alkyl carbamates (subject to hydrolysis) is 1. The highest BCUT2D eigenvalue weighted by Crippen LogP contribution is 1.83. The van der Waals surface area contributed by atoms with Crippen molar-refractivity contribution in [2.75, 3.05) is 13.1 Å². The molecule has 2 amide bonds. The fraction of sp³-hybridized carbons (Fsp3) is 0.333. The van der Waals surface area contributed by atoms with Crippen LogP contribution in [0.4, 0.5) is 4.79 Å². The van der Waals surface area contributed by atoms with Crippen LogP contribution in [-0.2, 0) is 9.53 Å². The van der Waals surface area contributed by atoms with Gasteiger partial charge in [-0.1, -0.05) is 13.2 Å². The van der Waals surface area contributed by atoms with Crippen molar-refractivity contribution >= 4 is 12.0 Å². The molecule has 14 heavy (non-hydrogen) atoms. The molecule has 0 aromatic carbocycles. The van der Waals surface area contributed by atoms with Crippen LogP contribution in [0, 0.1) is 0 Å². The first-order valence-corrected chi connectivity index (χ1v) is 4.07. The van der Waals surface area contributed by atoms with E-state index in [-0.39, 0.29) is 5.91 Å². The van der Waals surface area contributed by atoms with Crippen LogP contribution in [0.2, 0.25) is 0 Å². The van der Waals surface area contributed by atoms with Crippen LogP contribution in [-0.4, -0.2) is 25.1 Å². The van der Waals surface area contributed by atoms with Gasteiger partial charge in [-0.3, -0.25) is 4.79 Å². The molecule has 0 unspecified atom stereocenters. The van der Waals surface area contributed by atoms with Gasteiger partial charge in [0.1, 0.15) is 0 Å². The molecule has 0 atom stereocenters. The highest BCUT2D eigenvalue weighted by molar-refractivity contribution is 5.92. The third kappa shape index (κ3) is 5.82. The Morgan fingerprint density at radius 2 is 1.93 bits per heavy atom. The van der Waals surface area contributed by atoms with Crippen molar-refractivity contribution in [2.24, 2.45) is 0 Å². The van der Waals surface area contributed by atoms with Crippen molar-refractivity contribution in [3.05, 3.63) is 25.0 Å². The molecule has 0 saturated heterocycles. The van der Waals surface area contributed by atoms with Crippen LogP contribution in [0.5, 0.6) is 0 Å². The summed E-state index contributed by atoms with van der Waals surface area (Å²) in [5.74, 6) is -0.233. The van der Waals surface area contributed by atoms with Gasteiger partial charge in [0, 0.05) is 18.7 Å². The largest absolute Gasteiger partial charge is 0.419 e. The minimum atomic E-state index is -0.593. The average Bonchev–Trinajstić information content (AvgIpc) is 2.12. The van der Waals surface area contributed by atoms with E-state index in [0.29, 0.717) is 18.7 Å². The first kappa shape index (κ1) is 12.2. The Balaban J connectivity index is 3.47. The van der Waals surface area contributed by atoms with Crippen molar-refractivity contribution in [3.8, 4) is 0 Å². The van der Waals surface area contributed by atoms with Crippen LogP contribution in [0.1, 0.15) is 6.92 Å². The monoisotopic (exact) mass is 198 g/mol. The van der Waals surface area contributed by atoms with Gasteiger partial charge in [-0.15, -0.1) is 0 Å². The Morgan fingerprint density at radius 3 is 2.43 bits per heavy atom. The number of ether oxygens (including phenoxy) is 1. The van der Waals surface area contributed by atoms with Crippen molar-refractivity contribution in [3.63, 3.8) is 0 Å². The number of carbonyl (C=O) groups excluding carboxylic acids is 2. The van der Waals surface area contributed by atoms with Gasteiger partial charge in [0.15, 0.2) is 0 Å². The Morgan fingerprint density at radius 1 is 1.36 bits per heavy atom. The molecule has 0 aliphatic rings. The molecule has 0 aromatic heterocycles. The van der Waals surface area contributed by atoms with E-state index in [2.05, 4.69) is 28.5 Å². The van der Waals surface area contributed by atoms with Crippen LogP contribution < -0.4 is 10.6 Å². The zero-order valence-electron chi connectivity index (χ0n) is 8.13. The summed E-state index contributed by atoms with van der Waals surface area (Å²) in [6.45, 7) is 8.91. The first-order chi connectivity index (χ1) is 6.57. The summed E-state index contributed by atoms with van der Waals surface area (Å²) in [5, 5.41) is 4.95. The van der Waals surface area contributed by atoms with E-state index in [1.165, 1.54) is 0 Å². The number of hydrogen-bond acceptors (Lipinski definition) is 3. The second-order valence-electron chi connectivity index (χ2n) is 2.53. The smallest absolute Gasteiger partial charge is 0.412 e. The van der Waals surface area contributed by atoms with E-state index in [9.17, 15) is 9.59 Å². The normalized spacial score (nSPS) is 8.64. The molecule has 0 aliphatic heterocycles. The lowest BCUT2D eigenvalue weighted by molar-refractivity contribution is -0.117. The van der Waals surface area contributed by atoms with Gasteiger partial charge in [0.2, 0.25) is 5.91 Å². The van der Waals surface area contributed by atoms with Gasteiger partial charge in [-0.25, -0.2) is 4.79 Å². The molecule has 2 N–H and O–H groups in total. The molecule has 0 heterocycles. The van der Waals surface area contributed by atoms with Gasteiger partial charge in [0.05, 0.1) is 6.26 Å². The summed E-state index contributed by atoms with van der Waals surface area (Å²) in [6.07, 6.45) is 0.437. The van der Waals surface area contributed by atoms with Crippen LogP contribution in [0.25, 0.3) is 0 Å². The molecular weight excluding hydrogens is 184 g/mol. The van der Waals surface area contributed by atoms with Crippen LogP contribution in [0.3, 0.4) is 0 Å². The lowest BCUT2D eigenvalue weighted by atomic mass is 10.3. The third-order valence-electron chi connectivity index (χ3n) is 1.26. The second-order valence-corrected chi connectivity index (χ2v) is 2.53. The molecule has 0 aliphatic carbocycles. The van der Waals surface area contributed by atoms with Crippen molar-refractivity contribution in [1.29, 1.82) is 0 Å². The number of hydrogen-bond donors (Lipinski definition) is 2. The van der Waals surface area contributed by atoms with Gasteiger partial charge < -0.3 is 15.4 Å². The van der Waals surface area contributed by atoms with Crippen molar-refractivity contribution < 1.29 is 14.3 Å². The molecule has 0 aromatic rings. The molecule has 5 nitrogen and oxygen atoms in total. The maximum absolute atomic E-state index is 10.9. The molecule has 0 bridgehead atoms. The van der Waals surface area contributed by atoms with Crippen LogP contribution in [0.15, 0.2) is 25.0 Å². The summed E-state index contributed by atoms with van der Waals surface area (Å²) >= 11 is 0. The molecule has 78 valence electrons. The maximum Gasteiger partial charge on any atom is 0.412 e. The Hall–Kier alpha value is -1.78. The quantitative estimate of drug-likeness (QED) is 0.385. The lowest BCUT2D eigenvalue weighted by Crippen LogP contribution is -2.34. The van der Waals surface area contributed by atoms with E-state index in [1.54, 1.807) is 6.92 Å². The summed E-state index contributed by atoms with van der Waals surface area (Å²) < 4.78 is 4.38. The van der Waals surface area contributed by atoms with E-state index >= 15 is 0 Å². The maximum atomic E-state index is 10.9. The highest BCUT2D eigenvalue weighted by atomic mass is 16.5. The van der Waals surface area contributed by atoms with Crippen molar-refractivity contribution in [2.45, 2.75) is 6.92 Å². The SMILES string of the molecule is C=COC(=O)NCCNC(=O)C(=C)C. The van der Waals surface area contributed by atoms with Gasteiger partial charge in [-0.2, -0.15) is 0 Å². The number of nitrogens with one attached hydrogen (secondary N) is 2. The number of rotatable bonds is 5. The van der Waals surface area contributed by atoms with Crippen molar-refractivity contribution in [1.82, 2.24) is 10.6 Å². The zero-order chi connectivity index (χ0) is 11.0. The van der Waals surface area contributed by atoms with Gasteiger partial charge in [-0.05, 0) is 6.92 Å². The fourth-order valence-electron chi connectivity index (χ4n) is 0.609. The summed E-state index contributed by atoms with van der Waals surface area (Å²) in [6, 6.07) is 0. The highest BCUT2D eigenvalue weighted by Gasteiger charge is 2.01. The van der Waals surface area contributed by atoms with E-state index < -0.39 is 6.09 Å². The Bertz CT molecular complexity index is 248. The minimum absolute atomic E-state index is 0.233. The summed E-state index contributed by atoms with van der Waals surface area (Å²) in [4.78, 5) is 21.6. The van der Waals surface area contributed by atoms with Gasteiger partial charge >= 0.3 is 6.09 Å². The summed E-state index contributed by atoms with van der Waals surface area (Å²) in [5.41, 5.74) is 0.429. The number of carbonyl (C=O) groups is 2. The third-order valence-corrected chi connectivity index (χ3v) is 1.26. The first-order valence-electron chi connectivity index (χ1n) is 4.07. The molecule has 0 fully saturated rings. The lowest BCUT2D eigenvalue weighted by Gasteiger charge is -2.05. The predicted octanol–water partition coefficient (Wildman–Crippen LogP) is 0.548. The molecule has 0 saturated carbocycles. The molecule has 0 rings (SSSR count). The summed E-state index contributed by atoms with van der Waals surface area (Å²) in [7, 11) is 0.